The third-order valence-corrected chi connectivity index (χ3v) is 7.23. The normalized spacial score (nSPS) is 19.6. The quantitative estimate of drug-likeness (QED) is 0.357. The largest absolute Gasteiger partial charge is 0.494 e. The first kappa shape index (κ1) is 28.6. The number of aliphatic hydroxyl groups is 1. The van der Waals surface area contributed by atoms with Crippen LogP contribution in [-0.4, -0.2) is 42.5 Å². The maximum Gasteiger partial charge on any atom is 0.248 e. The van der Waals surface area contributed by atoms with Crippen molar-refractivity contribution in [1.82, 2.24) is 5.32 Å². The van der Waals surface area contributed by atoms with E-state index in [-0.39, 0.29) is 35.4 Å². The Morgan fingerprint density at radius 1 is 1.19 bits per heavy atom. The first-order chi connectivity index (χ1) is 17.6. The van der Waals surface area contributed by atoms with Gasteiger partial charge >= 0.3 is 0 Å². The van der Waals surface area contributed by atoms with E-state index in [1.165, 1.54) is 25.3 Å². The van der Waals surface area contributed by atoms with Gasteiger partial charge in [0.15, 0.2) is 11.6 Å². The molecule has 0 spiro atoms. The van der Waals surface area contributed by atoms with Gasteiger partial charge < -0.3 is 15.2 Å². The van der Waals surface area contributed by atoms with Crippen molar-refractivity contribution in [2.24, 2.45) is 16.4 Å². The van der Waals surface area contributed by atoms with Gasteiger partial charge in [-0.25, -0.2) is 13.8 Å². The highest BCUT2D eigenvalue weighted by Gasteiger charge is 2.53. The summed E-state index contributed by atoms with van der Waals surface area (Å²) in [4.78, 5) is 13.9. The van der Waals surface area contributed by atoms with Gasteiger partial charge in [-0.3, -0.25) is 4.79 Å². The smallest absolute Gasteiger partial charge is 0.248 e. The first-order valence-electron chi connectivity index (χ1n) is 12.9. The van der Waals surface area contributed by atoms with E-state index in [0.29, 0.717) is 30.8 Å². The predicted molar refractivity (Wildman–Crippen MR) is 143 cm³/mol. The van der Waals surface area contributed by atoms with Crippen LogP contribution in [0, 0.1) is 23.0 Å². The van der Waals surface area contributed by atoms with Crippen molar-refractivity contribution in [3.05, 3.63) is 59.7 Å². The Balaban J connectivity index is 2.02. The molecule has 2 aromatic carbocycles. The lowest BCUT2D eigenvalue weighted by Gasteiger charge is -2.38. The molecule has 0 aromatic heterocycles. The monoisotopic (exact) mass is 515 g/mol. The molecule has 202 valence electrons. The first-order valence-corrected chi connectivity index (χ1v) is 12.9. The number of aliphatic hydroxyl groups excluding tert-OH is 1. The van der Waals surface area contributed by atoms with E-state index in [1.54, 1.807) is 29.3 Å². The number of halogens is 2. The van der Waals surface area contributed by atoms with Crippen LogP contribution in [0.15, 0.2) is 47.6 Å². The molecule has 0 bridgehead atoms. The van der Waals surface area contributed by atoms with E-state index in [2.05, 4.69) is 12.2 Å². The van der Waals surface area contributed by atoms with Gasteiger partial charge in [0.2, 0.25) is 5.91 Å². The van der Waals surface area contributed by atoms with E-state index >= 15 is 0 Å². The number of hydrogen-bond donors (Lipinski definition) is 2. The Labute approximate surface area is 218 Å². The van der Waals surface area contributed by atoms with Crippen LogP contribution in [0.25, 0.3) is 0 Å². The second kappa shape index (κ2) is 12.0. The van der Waals surface area contributed by atoms with Crippen molar-refractivity contribution >= 4 is 17.3 Å². The minimum atomic E-state index is -1.12. The Morgan fingerprint density at radius 2 is 1.89 bits per heavy atom. The summed E-state index contributed by atoms with van der Waals surface area (Å²) >= 11 is 0. The summed E-state index contributed by atoms with van der Waals surface area (Å²) in [6.45, 7) is 8.45. The number of amides is 1. The molecule has 2 aromatic rings. The van der Waals surface area contributed by atoms with Crippen molar-refractivity contribution < 1.29 is 23.4 Å². The van der Waals surface area contributed by atoms with Crippen molar-refractivity contribution in [2.45, 2.75) is 65.3 Å². The molecule has 8 heteroatoms. The molecule has 2 unspecified atom stereocenters. The molecule has 1 amide bonds. The van der Waals surface area contributed by atoms with Gasteiger partial charge in [0.05, 0.1) is 18.5 Å². The van der Waals surface area contributed by atoms with E-state index in [4.69, 9.17) is 9.84 Å². The molecule has 0 saturated heterocycles. The molecular formula is C29H39F2N3O3. The zero-order valence-electron chi connectivity index (χ0n) is 22.5. The van der Waals surface area contributed by atoms with Gasteiger partial charge in [-0.1, -0.05) is 45.7 Å². The zero-order valence-corrected chi connectivity index (χ0v) is 22.5. The number of unbranched alkanes of at least 4 members (excludes halogenated alkanes) is 1. The molecule has 3 rings (SSSR count). The van der Waals surface area contributed by atoms with Crippen molar-refractivity contribution in [3.63, 3.8) is 0 Å². The van der Waals surface area contributed by atoms with Gasteiger partial charge in [-0.15, -0.1) is 0 Å². The number of anilines is 1. The summed E-state index contributed by atoms with van der Waals surface area (Å²) < 4.78 is 33.2. The van der Waals surface area contributed by atoms with Gasteiger partial charge in [-0.05, 0) is 61.4 Å². The number of methoxy groups -OCH3 is 1. The van der Waals surface area contributed by atoms with Crippen LogP contribution in [0.1, 0.15) is 65.4 Å². The van der Waals surface area contributed by atoms with Crippen LogP contribution >= 0.6 is 0 Å². The zero-order chi connectivity index (χ0) is 27.2. The van der Waals surface area contributed by atoms with E-state index in [0.717, 1.165) is 24.8 Å². The number of nitrogens with one attached hydrogen (secondary N) is 1. The minimum absolute atomic E-state index is 0.0574. The minimum Gasteiger partial charge on any atom is -0.494 e. The van der Waals surface area contributed by atoms with Crippen LogP contribution in [0.3, 0.4) is 0 Å². The number of ether oxygens (including phenoxy) is 1. The molecule has 1 aliphatic heterocycles. The molecule has 1 aliphatic rings. The number of rotatable bonds is 12. The maximum absolute atomic E-state index is 14.2. The molecule has 37 heavy (non-hydrogen) atoms. The number of carbonyl (C=O) groups excluding carboxylic acids is 1. The van der Waals surface area contributed by atoms with Crippen molar-refractivity contribution in [2.75, 3.05) is 25.3 Å². The van der Waals surface area contributed by atoms with Gasteiger partial charge in [-0.2, -0.15) is 5.10 Å². The number of carbonyl (C=O) groups is 1. The van der Waals surface area contributed by atoms with E-state index in [9.17, 15) is 18.7 Å². The summed E-state index contributed by atoms with van der Waals surface area (Å²) in [5.74, 6) is -1.28. The van der Waals surface area contributed by atoms with E-state index < -0.39 is 11.4 Å². The molecular weight excluding hydrogens is 476 g/mol. The summed E-state index contributed by atoms with van der Waals surface area (Å²) in [6.07, 6.45) is 3.98. The Morgan fingerprint density at radius 3 is 2.51 bits per heavy atom. The van der Waals surface area contributed by atoms with Crippen LogP contribution in [0.2, 0.25) is 0 Å². The summed E-state index contributed by atoms with van der Waals surface area (Å²) in [7, 11) is 1.39. The Bertz CT molecular complexity index is 1100. The third kappa shape index (κ3) is 6.29. The average Bonchev–Trinajstić information content (AvgIpc) is 3.19. The second-order valence-corrected chi connectivity index (χ2v) is 10.6. The van der Waals surface area contributed by atoms with Crippen molar-refractivity contribution in [3.8, 4) is 5.75 Å². The fourth-order valence-electron chi connectivity index (χ4n) is 4.79. The number of hydrogen-bond acceptors (Lipinski definition) is 5. The van der Waals surface area contributed by atoms with Gasteiger partial charge in [0.1, 0.15) is 11.4 Å². The number of nitrogens with zero attached hydrogens (tertiary/aromatic N) is 2. The van der Waals surface area contributed by atoms with Gasteiger partial charge in [0.25, 0.3) is 0 Å². The Hall–Kier alpha value is -3.00. The van der Waals surface area contributed by atoms with Crippen LogP contribution in [-0.2, 0) is 4.79 Å². The Kier molecular flexibility index (Phi) is 9.29. The van der Waals surface area contributed by atoms with Gasteiger partial charge in [0, 0.05) is 25.1 Å². The molecule has 6 nitrogen and oxygen atoms in total. The van der Waals surface area contributed by atoms with Crippen molar-refractivity contribution in [1.29, 1.82) is 0 Å². The number of hydrazone groups is 1. The lowest BCUT2D eigenvalue weighted by molar-refractivity contribution is -0.126. The number of benzene rings is 2. The fraction of sp³-hybridized carbons (Fsp3) is 0.517. The summed E-state index contributed by atoms with van der Waals surface area (Å²) in [5, 5.41) is 19.2. The average molecular weight is 516 g/mol. The SMILES string of the molecule is CCCCC1C(c2ccc(F)cc2)=NN(c2ccc(F)c(OC)c2)C1(C)C(=O)NCCCC(C)(C)CO. The lowest BCUT2D eigenvalue weighted by Crippen LogP contribution is -2.58. The molecule has 0 fully saturated rings. The highest BCUT2D eigenvalue weighted by molar-refractivity contribution is 6.10. The standard InChI is InChI=1S/C29H39F2N3O3/c1-6-7-9-23-26(20-10-12-21(30)13-11-20)33-34(22-14-15-24(31)25(18-22)37-5)29(23,4)27(36)32-17-8-16-28(2,3)19-35/h10-15,18,23,35H,6-9,16-17,19H2,1-5H3,(H,32,36). The molecule has 2 atom stereocenters. The topological polar surface area (TPSA) is 74.2 Å². The molecule has 0 saturated carbocycles. The van der Waals surface area contributed by atoms with E-state index in [1.807, 2.05) is 20.8 Å². The highest BCUT2D eigenvalue weighted by Crippen LogP contribution is 2.42. The predicted octanol–water partition coefficient (Wildman–Crippen LogP) is 5.68. The molecule has 0 aliphatic carbocycles. The highest BCUT2D eigenvalue weighted by atomic mass is 19.1. The summed E-state index contributed by atoms with van der Waals surface area (Å²) in [6, 6.07) is 10.6. The molecule has 2 N–H and O–H groups in total. The van der Waals surface area contributed by atoms with Crippen LogP contribution < -0.4 is 15.1 Å². The lowest BCUT2D eigenvalue weighted by atomic mass is 9.77. The second-order valence-electron chi connectivity index (χ2n) is 10.6. The molecule has 0 radical (unpaired) electrons. The molecule has 1 heterocycles. The van der Waals surface area contributed by atoms with Crippen LogP contribution in [0.4, 0.5) is 14.5 Å². The fourth-order valence-corrected chi connectivity index (χ4v) is 4.79. The third-order valence-electron chi connectivity index (χ3n) is 7.23. The maximum atomic E-state index is 14.2. The van der Waals surface area contributed by atoms with Crippen LogP contribution in [0.5, 0.6) is 5.75 Å². The summed E-state index contributed by atoms with van der Waals surface area (Å²) in [5.41, 5.74) is 0.615.